The van der Waals surface area contributed by atoms with Gasteiger partial charge in [-0.15, -0.1) is 0 Å². The molecule has 0 unspecified atom stereocenters. The first-order valence-corrected chi connectivity index (χ1v) is 5.10. The SMILES string of the molecule is FC1Cc2cc3c(cc2C1)CCC3. The van der Waals surface area contributed by atoms with Crippen LogP contribution in [0.4, 0.5) is 4.39 Å². The van der Waals surface area contributed by atoms with E-state index in [0.717, 1.165) is 0 Å². The van der Waals surface area contributed by atoms with Crippen molar-refractivity contribution >= 4 is 0 Å². The van der Waals surface area contributed by atoms with E-state index in [1.807, 2.05) is 0 Å². The van der Waals surface area contributed by atoms with Gasteiger partial charge in [-0.1, -0.05) is 12.1 Å². The maximum Gasteiger partial charge on any atom is 0.108 e. The van der Waals surface area contributed by atoms with E-state index in [-0.39, 0.29) is 0 Å². The first kappa shape index (κ1) is 7.54. The van der Waals surface area contributed by atoms with Gasteiger partial charge in [0.2, 0.25) is 0 Å². The molecule has 2 aliphatic carbocycles. The lowest BCUT2D eigenvalue weighted by atomic mass is 10.0. The smallest absolute Gasteiger partial charge is 0.108 e. The molecule has 0 nitrogen and oxygen atoms in total. The van der Waals surface area contributed by atoms with E-state index in [9.17, 15) is 4.39 Å². The van der Waals surface area contributed by atoms with E-state index >= 15 is 0 Å². The Hall–Kier alpha value is -0.850. The van der Waals surface area contributed by atoms with E-state index < -0.39 is 6.17 Å². The molecule has 1 aromatic rings. The Labute approximate surface area is 77.8 Å². The fourth-order valence-corrected chi connectivity index (χ4v) is 2.66. The molecule has 0 N–H and O–H groups in total. The van der Waals surface area contributed by atoms with E-state index in [1.54, 1.807) is 0 Å². The minimum atomic E-state index is -0.613. The molecule has 0 atom stereocenters. The van der Waals surface area contributed by atoms with E-state index in [0.29, 0.717) is 12.8 Å². The van der Waals surface area contributed by atoms with Gasteiger partial charge in [-0.25, -0.2) is 4.39 Å². The summed E-state index contributed by atoms with van der Waals surface area (Å²) in [5.74, 6) is 0. The summed E-state index contributed by atoms with van der Waals surface area (Å²) in [5.41, 5.74) is 5.50. The van der Waals surface area contributed by atoms with Gasteiger partial charge in [0.25, 0.3) is 0 Å². The maximum absolute atomic E-state index is 13.1. The second-order valence-corrected chi connectivity index (χ2v) is 4.25. The van der Waals surface area contributed by atoms with Crippen molar-refractivity contribution in [3.63, 3.8) is 0 Å². The van der Waals surface area contributed by atoms with Crippen molar-refractivity contribution in [1.82, 2.24) is 0 Å². The van der Waals surface area contributed by atoms with Gasteiger partial charge in [-0.05, 0) is 41.5 Å². The highest BCUT2D eigenvalue weighted by Crippen LogP contribution is 2.31. The molecular formula is C12H13F. The van der Waals surface area contributed by atoms with Crippen LogP contribution < -0.4 is 0 Å². The third kappa shape index (κ3) is 1.10. The molecule has 3 rings (SSSR count). The summed E-state index contributed by atoms with van der Waals surface area (Å²) in [5, 5.41) is 0. The number of alkyl halides is 1. The van der Waals surface area contributed by atoms with Crippen LogP contribution in [-0.2, 0) is 25.7 Å². The zero-order valence-corrected chi connectivity index (χ0v) is 7.65. The van der Waals surface area contributed by atoms with Gasteiger partial charge in [0, 0.05) is 12.8 Å². The van der Waals surface area contributed by atoms with E-state index in [2.05, 4.69) is 12.1 Å². The molecule has 0 fully saturated rings. The molecule has 0 saturated heterocycles. The van der Waals surface area contributed by atoms with Crippen molar-refractivity contribution in [3.8, 4) is 0 Å². The Kier molecular flexibility index (Phi) is 1.49. The number of rotatable bonds is 0. The molecule has 13 heavy (non-hydrogen) atoms. The standard InChI is InChI=1S/C12H13F/c13-12-6-10-4-8-2-1-3-9(8)5-11(10)7-12/h4-5,12H,1-3,6-7H2. The van der Waals surface area contributed by atoms with Crippen molar-refractivity contribution in [1.29, 1.82) is 0 Å². The number of fused-ring (bicyclic) bond motifs is 2. The predicted octanol–water partition coefficient (Wildman–Crippen LogP) is 2.61. The molecule has 0 spiro atoms. The number of benzene rings is 1. The fourth-order valence-electron chi connectivity index (χ4n) is 2.66. The molecule has 0 amide bonds. The Bertz CT molecular complexity index is 321. The van der Waals surface area contributed by atoms with Crippen molar-refractivity contribution in [2.24, 2.45) is 0 Å². The molecule has 1 heteroatoms. The maximum atomic E-state index is 13.1. The van der Waals surface area contributed by atoms with Gasteiger partial charge in [0.1, 0.15) is 6.17 Å². The molecular weight excluding hydrogens is 163 g/mol. The summed E-state index contributed by atoms with van der Waals surface area (Å²) in [6, 6.07) is 4.49. The van der Waals surface area contributed by atoms with Gasteiger partial charge in [-0.3, -0.25) is 0 Å². The summed E-state index contributed by atoms with van der Waals surface area (Å²) in [6.45, 7) is 0. The monoisotopic (exact) mass is 176 g/mol. The largest absolute Gasteiger partial charge is 0.247 e. The number of hydrogen-bond acceptors (Lipinski definition) is 0. The third-order valence-electron chi connectivity index (χ3n) is 3.30. The van der Waals surface area contributed by atoms with Gasteiger partial charge in [-0.2, -0.15) is 0 Å². The van der Waals surface area contributed by atoms with Crippen LogP contribution in [0.5, 0.6) is 0 Å². The molecule has 0 bridgehead atoms. The zero-order valence-electron chi connectivity index (χ0n) is 7.65. The topological polar surface area (TPSA) is 0 Å². The zero-order chi connectivity index (χ0) is 8.84. The second-order valence-electron chi connectivity index (χ2n) is 4.25. The van der Waals surface area contributed by atoms with E-state index in [4.69, 9.17) is 0 Å². The van der Waals surface area contributed by atoms with Crippen LogP contribution in [0, 0.1) is 0 Å². The Balaban J connectivity index is 2.10. The number of halogens is 1. The van der Waals surface area contributed by atoms with E-state index in [1.165, 1.54) is 41.5 Å². The van der Waals surface area contributed by atoms with Crippen LogP contribution in [0.2, 0.25) is 0 Å². The summed E-state index contributed by atoms with van der Waals surface area (Å²) >= 11 is 0. The van der Waals surface area contributed by atoms with Crippen LogP contribution >= 0.6 is 0 Å². The predicted molar refractivity (Wildman–Crippen MR) is 50.8 cm³/mol. The summed E-state index contributed by atoms with van der Waals surface area (Å²) in [4.78, 5) is 0. The van der Waals surface area contributed by atoms with Gasteiger partial charge < -0.3 is 0 Å². The molecule has 0 aromatic heterocycles. The van der Waals surface area contributed by atoms with Crippen molar-refractivity contribution < 1.29 is 4.39 Å². The minimum Gasteiger partial charge on any atom is -0.247 e. The van der Waals surface area contributed by atoms with Crippen molar-refractivity contribution in [2.75, 3.05) is 0 Å². The number of aryl methyl sites for hydroxylation is 2. The molecule has 0 radical (unpaired) electrons. The van der Waals surface area contributed by atoms with Crippen LogP contribution in [0.3, 0.4) is 0 Å². The Morgan fingerprint density at radius 1 is 0.923 bits per heavy atom. The highest BCUT2D eigenvalue weighted by Gasteiger charge is 2.23. The van der Waals surface area contributed by atoms with Gasteiger partial charge in [0.15, 0.2) is 0 Å². The molecule has 0 saturated carbocycles. The first-order valence-electron chi connectivity index (χ1n) is 5.10. The minimum absolute atomic E-state index is 0.613. The molecule has 1 aromatic carbocycles. The molecule has 0 aliphatic heterocycles. The van der Waals surface area contributed by atoms with Crippen LogP contribution in [0.15, 0.2) is 12.1 Å². The molecule has 0 heterocycles. The molecule has 2 aliphatic rings. The summed E-state index contributed by atoms with van der Waals surface area (Å²) in [7, 11) is 0. The first-order chi connectivity index (χ1) is 6.33. The average Bonchev–Trinajstić information content (AvgIpc) is 2.63. The summed E-state index contributed by atoms with van der Waals surface area (Å²) < 4.78 is 13.1. The fraction of sp³-hybridized carbons (Fsp3) is 0.500. The lowest BCUT2D eigenvalue weighted by Gasteiger charge is -2.03. The lowest BCUT2D eigenvalue weighted by Crippen LogP contribution is -1.95. The number of hydrogen-bond donors (Lipinski definition) is 0. The molecule has 68 valence electrons. The quantitative estimate of drug-likeness (QED) is 0.570. The highest BCUT2D eigenvalue weighted by molar-refractivity contribution is 5.43. The van der Waals surface area contributed by atoms with Crippen molar-refractivity contribution in [2.45, 2.75) is 38.3 Å². The average molecular weight is 176 g/mol. The summed E-state index contributed by atoms with van der Waals surface area (Å²) in [6.07, 6.45) is 4.40. The second kappa shape index (κ2) is 2.57. The Morgan fingerprint density at radius 3 is 2.00 bits per heavy atom. The van der Waals surface area contributed by atoms with Crippen LogP contribution in [-0.4, -0.2) is 6.17 Å². The van der Waals surface area contributed by atoms with Gasteiger partial charge in [0.05, 0.1) is 0 Å². The van der Waals surface area contributed by atoms with Gasteiger partial charge >= 0.3 is 0 Å². The van der Waals surface area contributed by atoms with Crippen LogP contribution in [0.25, 0.3) is 0 Å². The van der Waals surface area contributed by atoms with Crippen molar-refractivity contribution in [3.05, 3.63) is 34.4 Å². The Morgan fingerprint density at radius 2 is 1.46 bits per heavy atom. The lowest BCUT2D eigenvalue weighted by molar-refractivity contribution is 0.349. The highest BCUT2D eigenvalue weighted by atomic mass is 19.1. The normalized spacial score (nSPS) is 20.4. The van der Waals surface area contributed by atoms with Crippen LogP contribution in [0.1, 0.15) is 28.7 Å². The third-order valence-corrected chi connectivity index (χ3v) is 3.30.